The number of hydrogen-bond acceptors (Lipinski definition) is 7. The molecular formula is C20H12ClF6NO7. The topological polar surface area (TPSA) is 105 Å². The number of nitro benzene ring substituents is 1. The summed E-state index contributed by atoms with van der Waals surface area (Å²) < 4.78 is 91.6. The van der Waals surface area contributed by atoms with Crippen LogP contribution in [0.15, 0.2) is 48.2 Å². The first kappa shape index (κ1) is 27.4. The van der Waals surface area contributed by atoms with Gasteiger partial charge in [-0.25, -0.2) is 9.59 Å². The minimum absolute atomic E-state index is 0.157. The van der Waals surface area contributed by atoms with Crippen LogP contribution in [0.4, 0.5) is 32.0 Å². The molecule has 0 saturated heterocycles. The molecule has 0 aliphatic rings. The van der Waals surface area contributed by atoms with E-state index >= 15 is 0 Å². The van der Waals surface area contributed by atoms with E-state index in [1.807, 2.05) is 0 Å². The Morgan fingerprint density at radius 2 is 1.74 bits per heavy atom. The van der Waals surface area contributed by atoms with Gasteiger partial charge in [0.1, 0.15) is 17.1 Å². The lowest BCUT2D eigenvalue weighted by atomic mass is 10.1. The molecule has 0 unspecified atom stereocenters. The Bertz CT molecular complexity index is 1180. The number of hydrogen-bond donors (Lipinski definition) is 0. The van der Waals surface area contributed by atoms with E-state index in [4.69, 9.17) is 16.3 Å². The largest absolute Gasteiger partial charge is 0.463 e. The van der Waals surface area contributed by atoms with Gasteiger partial charge in [-0.15, -0.1) is 0 Å². The number of carbonyl (C=O) groups is 2. The highest BCUT2D eigenvalue weighted by atomic mass is 35.5. The second-order valence-corrected chi connectivity index (χ2v) is 6.74. The zero-order valence-electron chi connectivity index (χ0n) is 17.2. The van der Waals surface area contributed by atoms with Gasteiger partial charge in [-0.2, -0.15) is 26.3 Å². The molecule has 8 nitrogen and oxygen atoms in total. The Morgan fingerprint density at radius 3 is 2.26 bits per heavy atom. The summed E-state index contributed by atoms with van der Waals surface area (Å²) >= 11 is 5.76. The predicted molar refractivity (Wildman–Crippen MR) is 106 cm³/mol. The minimum atomic E-state index is -5.35. The molecule has 0 atom stereocenters. The van der Waals surface area contributed by atoms with Crippen molar-refractivity contribution < 1.29 is 55.1 Å². The smallest absolute Gasteiger partial charge is 0.449 e. The van der Waals surface area contributed by atoms with E-state index < -0.39 is 62.6 Å². The molecule has 0 bridgehead atoms. The van der Waals surface area contributed by atoms with Gasteiger partial charge in [0, 0.05) is 12.1 Å². The Kier molecular flexibility index (Phi) is 8.33. The van der Waals surface area contributed by atoms with Crippen molar-refractivity contribution in [3.63, 3.8) is 0 Å². The summed E-state index contributed by atoms with van der Waals surface area (Å²) in [6, 6.07) is 4.21. The molecular weight excluding hydrogens is 516 g/mol. The maximum absolute atomic E-state index is 13.2. The van der Waals surface area contributed by atoms with Crippen molar-refractivity contribution in [1.82, 2.24) is 0 Å². The van der Waals surface area contributed by atoms with Crippen molar-refractivity contribution in [3.8, 4) is 11.5 Å². The summed E-state index contributed by atoms with van der Waals surface area (Å²) in [4.78, 5) is 33.9. The van der Waals surface area contributed by atoms with Gasteiger partial charge in [-0.3, -0.25) is 10.1 Å². The lowest BCUT2D eigenvalue weighted by molar-refractivity contribution is -0.385. The summed E-state index contributed by atoms with van der Waals surface area (Å²) in [5.74, 6) is -6.24. The number of benzene rings is 2. The minimum Gasteiger partial charge on any atom is -0.463 e. The van der Waals surface area contributed by atoms with Gasteiger partial charge in [-0.05, 0) is 31.2 Å². The van der Waals surface area contributed by atoms with Gasteiger partial charge in [0.25, 0.3) is 5.69 Å². The molecule has 2 aromatic carbocycles. The molecule has 0 fully saturated rings. The fourth-order valence-electron chi connectivity index (χ4n) is 2.40. The summed E-state index contributed by atoms with van der Waals surface area (Å²) in [6.45, 7) is 1.02. The first-order valence-corrected chi connectivity index (χ1v) is 9.52. The van der Waals surface area contributed by atoms with Gasteiger partial charge < -0.3 is 14.2 Å². The molecule has 0 N–H and O–H groups in total. The zero-order chi connectivity index (χ0) is 26.6. The van der Waals surface area contributed by atoms with Gasteiger partial charge >= 0.3 is 24.3 Å². The summed E-state index contributed by atoms with van der Waals surface area (Å²) in [7, 11) is 0. The number of nitro groups is 1. The predicted octanol–water partition coefficient (Wildman–Crippen LogP) is 6.23. The maximum atomic E-state index is 13.2. The third-order valence-electron chi connectivity index (χ3n) is 3.89. The summed E-state index contributed by atoms with van der Waals surface area (Å²) in [5.41, 5.74) is -3.11. The maximum Gasteiger partial charge on any atom is 0.449 e. The number of rotatable bonds is 7. The number of esters is 2. The highest BCUT2D eigenvalue weighted by Gasteiger charge is 2.40. The zero-order valence-corrected chi connectivity index (χ0v) is 18.0. The number of carbonyl (C=O) groups excluding carboxylic acids is 2. The van der Waals surface area contributed by atoms with Crippen molar-refractivity contribution in [1.29, 1.82) is 0 Å². The second kappa shape index (κ2) is 10.6. The molecule has 0 amide bonds. The van der Waals surface area contributed by atoms with E-state index in [1.54, 1.807) is 0 Å². The van der Waals surface area contributed by atoms with E-state index in [-0.39, 0.29) is 18.4 Å². The normalized spacial score (nSPS) is 12.2. The van der Waals surface area contributed by atoms with E-state index in [1.165, 1.54) is 6.92 Å². The number of nitrogens with zero attached hydrogens (tertiary/aromatic N) is 1. The SMILES string of the molecule is CCOC(=O)/C=C(/OC(=O)c1cc(Oc2ccc(C(F)(F)F)cc2Cl)ccc1[N+](=O)[O-])C(F)(F)F. The van der Waals surface area contributed by atoms with Gasteiger partial charge in [-0.1, -0.05) is 11.6 Å². The van der Waals surface area contributed by atoms with Crippen LogP contribution in [0.25, 0.3) is 0 Å². The molecule has 15 heteroatoms. The van der Waals surface area contributed by atoms with Crippen molar-refractivity contribution in [2.45, 2.75) is 19.3 Å². The monoisotopic (exact) mass is 527 g/mol. The highest BCUT2D eigenvalue weighted by molar-refractivity contribution is 6.32. The molecule has 0 heterocycles. The molecule has 2 rings (SSSR count). The molecule has 0 saturated carbocycles. The Labute approximate surface area is 196 Å². The molecule has 35 heavy (non-hydrogen) atoms. The van der Waals surface area contributed by atoms with Crippen molar-refractivity contribution >= 4 is 29.2 Å². The van der Waals surface area contributed by atoms with Gasteiger partial charge in [0.05, 0.1) is 28.2 Å². The van der Waals surface area contributed by atoms with Crippen LogP contribution in [0.1, 0.15) is 22.8 Å². The van der Waals surface area contributed by atoms with E-state index in [0.29, 0.717) is 24.3 Å². The van der Waals surface area contributed by atoms with E-state index in [0.717, 1.165) is 12.1 Å². The van der Waals surface area contributed by atoms with Crippen LogP contribution >= 0.6 is 11.6 Å². The van der Waals surface area contributed by atoms with Gasteiger partial charge in [0.15, 0.2) is 0 Å². The number of ether oxygens (including phenoxy) is 3. The molecule has 0 aliphatic carbocycles. The highest BCUT2D eigenvalue weighted by Crippen LogP contribution is 2.37. The first-order valence-electron chi connectivity index (χ1n) is 9.14. The first-order chi connectivity index (χ1) is 16.1. The third-order valence-corrected chi connectivity index (χ3v) is 4.18. The van der Waals surface area contributed by atoms with E-state index in [2.05, 4.69) is 9.47 Å². The van der Waals surface area contributed by atoms with Crippen LogP contribution in [0.2, 0.25) is 5.02 Å². The Morgan fingerprint density at radius 1 is 1.09 bits per heavy atom. The lowest BCUT2D eigenvalue weighted by Gasteiger charge is -2.13. The van der Waals surface area contributed by atoms with Crippen molar-refractivity contribution in [2.75, 3.05) is 6.61 Å². The summed E-state index contributed by atoms with van der Waals surface area (Å²) in [5, 5.41) is 10.7. The quantitative estimate of drug-likeness (QED) is 0.105. The molecule has 0 radical (unpaired) electrons. The standard InChI is InChI=1S/C20H12ClF6NO7/c1-2-33-17(29)9-16(20(25,26)27)35-18(30)12-8-11(4-5-14(12)28(31)32)34-15-6-3-10(7-13(15)21)19(22,23)24/h3-9H,2H2,1H3/b16-9+. The van der Waals surface area contributed by atoms with Crippen LogP contribution in [-0.4, -0.2) is 29.6 Å². The number of allylic oxidation sites excluding steroid dienone is 1. The van der Waals surface area contributed by atoms with Crippen LogP contribution in [0.5, 0.6) is 11.5 Å². The van der Waals surface area contributed by atoms with Crippen molar-refractivity contribution in [3.05, 3.63) is 74.5 Å². The lowest BCUT2D eigenvalue weighted by Crippen LogP contribution is -2.21. The molecule has 0 aromatic heterocycles. The molecule has 188 valence electrons. The Balaban J connectivity index is 2.43. The average Bonchev–Trinajstić information content (AvgIpc) is 2.73. The van der Waals surface area contributed by atoms with Crippen LogP contribution in [0.3, 0.4) is 0 Å². The van der Waals surface area contributed by atoms with Crippen LogP contribution < -0.4 is 4.74 Å². The summed E-state index contributed by atoms with van der Waals surface area (Å²) in [6.07, 6.45) is -10.2. The fraction of sp³-hybridized carbons (Fsp3) is 0.200. The molecule has 0 aliphatic heterocycles. The van der Waals surface area contributed by atoms with Crippen LogP contribution in [-0.2, 0) is 20.4 Å². The number of halogens is 7. The molecule has 0 spiro atoms. The number of alkyl halides is 6. The third kappa shape index (κ3) is 7.34. The van der Waals surface area contributed by atoms with E-state index in [9.17, 15) is 46.0 Å². The van der Waals surface area contributed by atoms with Crippen molar-refractivity contribution in [2.24, 2.45) is 0 Å². The van der Waals surface area contributed by atoms with Gasteiger partial charge in [0.2, 0.25) is 5.76 Å². The second-order valence-electron chi connectivity index (χ2n) is 6.33. The Hall–Kier alpha value is -3.81. The van der Waals surface area contributed by atoms with Crippen LogP contribution in [0, 0.1) is 10.1 Å². The fourth-order valence-corrected chi connectivity index (χ4v) is 2.62. The molecule has 2 aromatic rings. The average molecular weight is 528 g/mol.